The Morgan fingerprint density at radius 1 is 1.19 bits per heavy atom. The molecule has 1 atom stereocenters. The molecule has 31 heavy (non-hydrogen) atoms. The van der Waals surface area contributed by atoms with Gasteiger partial charge in [0, 0.05) is 25.9 Å². The molecule has 1 unspecified atom stereocenters. The van der Waals surface area contributed by atoms with Crippen molar-refractivity contribution < 1.29 is 31.4 Å². The van der Waals surface area contributed by atoms with E-state index < -0.39 is 37.8 Å². The number of hydrogen-bond donors (Lipinski definition) is 0. The Hall–Kier alpha value is -3.18. The smallest absolute Gasteiger partial charge is 0.422 e. The topological polar surface area (TPSA) is 69.0 Å². The number of rotatable bonds is 8. The summed E-state index contributed by atoms with van der Waals surface area (Å²) < 4.78 is 73.9. The zero-order chi connectivity index (χ0) is 22.6. The maximum Gasteiger partial charge on any atom is 0.422 e. The van der Waals surface area contributed by atoms with Crippen molar-refractivity contribution in [2.75, 3.05) is 33.5 Å². The average molecular weight is 446 g/mol. The molecule has 2 aromatic rings. The van der Waals surface area contributed by atoms with Gasteiger partial charge < -0.3 is 9.47 Å². The Bertz CT molecular complexity index is 974. The van der Waals surface area contributed by atoms with Crippen molar-refractivity contribution in [3.63, 3.8) is 0 Å². The number of ether oxygens (including phenoxy) is 2. The van der Waals surface area contributed by atoms with Gasteiger partial charge in [0.25, 0.3) is 5.56 Å². The van der Waals surface area contributed by atoms with Crippen LogP contribution in [0.2, 0.25) is 0 Å². The van der Waals surface area contributed by atoms with Crippen molar-refractivity contribution in [3.8, 4) is 17.4 Å². The summed E-state index contributed by atoms with van der Waals surface area (Å²) >= 11 is 0. The van der Waals surface area contributed by atoms with Gasteiger partial charge >= 0.3 is 12.2 Å². The molecule has 3 rings (SSSR count). The number of nitrogens with zero attached hydrogens (tertiary/aromatic N) is 4. The van der Waals surface area contributed by atoms with E-state index >= 15 is 0 Å². The standard InChI is InChI=1S/C19H19F5N4O3/c1-27-10-12(9-25-27)16-6-17(29)28(18(26-16)31-15(7-20)8-21)13-2-4-14(5-3-13)30-11-19(22,23)24/h2-6,9,12,15H,7-8,10-11H2,1H3. The van der Waals surface area contributed by atoms with Gasteiger partial charge in [-0.05, 0) is 24.3 Å². The first-order chi connectivity index (χ1) is 14.7. The molecular weight excluding hydrogens is 427 g/mol. The van der Waals surface area contributed by atoms with Crippen LogP contribution in [0.3, 0.4) is 0 Å². The molecule has 0 radical (unpaired) electrons. The van der Waals surface area contributed by atoms with Crippen LogP contribution in [-0.4, -0.2) is 66.6 Å². The molecule has 0 N–H and O–H groups in total. The second kappa shape index (κ2) is 9.31. The van der Waals surface area contributed by atoms with Crippen LogP contribution >= 0.6 is 0 Å². The number of alkyl halides is 5. The molecule has 168 valence electrons. The van der Waals surface area contributed by atoms with E-state index in [1.807, 2.05) is 0 Å². The van der Waals surface area contributed by atoms with E-state index in [1.165, 1.54) is 30.3 Å². The van der Waals surface area contributed by atoms with Gasteiger partial charge in [0.1, 0.15) is 19.1 Å². The minimum Gasteiger partial charge on any atom is -0.484 e. The van der Waals surface area contributed by atoms with Crippen molar-refractivity contribution in [2.24, 2.45) is 5.10 Å². The Morgan fingerprint density at radius 3 is 2.42 bits per heavy atom. The normalized spacial score (nSPS) is 16.2. The summed E-state index contributed by atoms with van der Waals surface area (Å²) in [5.74, 6) is -0.390. The Kier molecular flexibility index (Phi) is 6.76. The van der Waals surface area contributed by atoms with E-state index in [4.69, 9.17) is 4.74 Å². The number of hydrazone groups is 1. The predicted octanol–water partition coefficient (Wildman–Crippen LogP) is 2.87. The van der Waals surface area contributed by atoms with Crippen LogP contribution in [0.5, 0.6) is 11.8 Å². The van der Waals surface area contributed by atoms with Gasteiger partial charge in [0.15, 0.2) is 12.7 Å². The molecule has 0 bridgehead atoms. The molecule has 0 amide bonds. The van der Waals surface area contributed by atoms with Crippen LogP contribution in [0.1, 0.15) is 11.6 Å². The number of likely N-dealkylation sites (N-methyl/N-ethyl adjacent to an activating group) is 1. The van der Waals surface area contributed by atoms with E-state index in [9.17, 15) is 26.7 Å². The molecule has 1 aromatic heterocycles. The van der Waals surface area contributed by atoms with E-state index in [0.29, 0.717) is 12.2 Å². The van der Waals surface area contributed by atoms with Gasteiger partial charge in [-0.1, -0.05) is 0 Å². The quantitative estimate of drug-likeness (QED) is 0.584. The Balaban J connectivity index is 1.96. The van der Waals surface area contributed by atoms with Gasteiger partial charge in [-0.15, -0.1) is 0 Å². The van der Waals surface area contributed by atoms with Crippen LogP contribution < -0.4 is 15.0 Å². The summed E-state index contributed by atoms with van der Waals surface area (Å²) in [5, 5.41) is 5.72. The second-order valence-electron chi connectivity index (χ2n) is 6.79. The van der Waals surface area contributed by atoms with Gasteiger partial charge in [0.2, 0.25) is 0 Å². The number of aromatic nitrogens is 2. The summed E-state index contributed by atoms with van der Waals surface area (Å²) in [7, 11) is 1.74. The number of benzene rings is 1. The molecule has 0 aliphatic carbocycles. The van der Waals surface area contributed by atoms with Crippen LogP contribution in [-0.2, 0) is 0 Å². The van der Waals surface area contributed by atoms with Crippen molar-refractivity contribution in [1.82, 2.24) is 14.6 Å². The van der Waals surface area contributed by atoms with Crippen LogP contribution in [0, 0.1) is 0 Å². The van der Waals surface area contributed by atoms with Crippen LogP contribution in [0.15, 0.2) is 40.2 Å². The van der Waals surface area contributed by atoms with Gasteiger partial charge in [0.05, 0.1) is 17.3 Å². The predicted molar refractivity (Wildman–Crippen MR) is 102 cm³/mol. The molecule has 7 nitrogen and oxygen atoms in total. The molecule has 0 saturated carbocycles. The summed E-state index contributed by atoms with van der Waals surface area (Å²) in [6, 6.07) is 5.99. The third kappa shape index (κ3) is 5.70. The second-order valence-corrected chi connectivity index (χ2v) is 6.79. The maximum atomic E-state index is 13.0. The molecule has 2 heterocycles. The highest BCUT2D eigenvalue weighted by molar-refractivity contribution is 5.68. The van der Waals surface area contributed by atoms with Crippen molar-refractivity contribution in [2.45, 2.75) is 18.2 Å². The monoisotopic (exact) mass is 446 g/mol. The molecule has 0 saturated heterocycles. The van der Waals surface area contributed by atoms with Crippen LogP contribution in [0.4, 0.5) is 22.0 Å². The Labute approximate surface area is 173 Å². The molecule has 12 heteroatoms. The largest absolute Gasteiger partial charge is 0.484 e. The minimum atomic E-state index is -4.50. The first-order valence-corrected chi connectivity index (χ1v) is 9.18. The Morgan fingerprint density at radius 2 is 1.87 bits per heavy atom. The highest BCUT2D eigenvalue weighted by Crippen LogP contribution is 2.24. The van der Waals surface area contributed by atoms with Gasteiger partial charge in [-0.3, -0.25) is 9.80 Å². The van der Waals surface area contributed by atoms with Crippen molar-refractivity contribution >= 4 is 6.21 Å². The molecule has 1 aliphatic heterocycles. The van der Waals surface area contributed by atoms with E-state index in [-0.39, 0.29) is 23.4 Å². The first kappa shape index (κ1) is 22.5. The minimum absolute atomic E-state index is 0.0724. The zero-order valence-electron chi connectivity index (χ0n) is 16.4. The van der Waals surface area contributed by atoms with Gasteiger partial charge in [-0.25, -0.2) is 18.3 Å². The van der Waals surface area contributed by atoms with E-state index in [0.717, 1.165) is 4.57 Å². The number of hydrogen-bond acceptors (Lipinski definition) is 6. The summed E-state index contributed by atoms with van der Waals surface area (Å²) in [4.78, 5) is 17.1. The fraction of sp³-hybridized carbons (Fsp3) is 0.421. The van der Waals surface area contributed by atoms with Crippen molar-refractivity contribution in [1.29, 1.82) is 0 Å². The maximum absolute atomic E-state index is 13.0. The van der Waals surface area contributed by atoms with Crippen LogP contribution in [0.25, 0.3) is 5.69 Å². The molecule has 0 fully saturated rings. The molecule has 0 spiro atoms. The number of halogens is 5. The fourth-order valence-corrected chi connectivity index (χ4v) is 2.84. The highest BCUT2D eigenvalue weighted by Gasteiger charge is 2.28. The molecule has 1 aromatic carbocycles. The molecule has 1 aliphatic rings. The van der Waals surface area contributed by atoms with E-state index in [1.54, 1.807) is 18.3 Å². The third-order valence-electron chi connectivity index (χ3n) is 4.31. The van der Waals surface area contributed by atoms with E-state index in [2.05, 4.69) is 14.8 Å². The summed E-state index contributed by atoms with van der Waals surface area (Å²) in [6.45, 7) is -3.30. The highest BCUT2D eigenvalue weighted by atomic mass is 19.4. The third-order valence-corrected chi connectivity index (χ3v) is 4.31. The SMILES string of the molecule is CN1CC(c2cc(=O)n(-c3ccc(OCC(F)(F)F)cc3)c(OC(CF)CF)n2)C=N1. The van der Waals surface area contributed by atoms with Gasteiger partial charge in [-0.2, -0.15) is 18.3 Å². The summed E-state index contributed by atoms with van der Waals surface area (Å²) in [5.41, 5.74) is -0.110. The first-order valence-electron chi connectivity index (χ1n) is 9.18. The lowest BCUT2D eigenvalue weighted by molar-refractivity contribution is -0.153. The van der Waals surface area contributed by atoms with Crippen molar-refractivity contribution in [3.05, 3.63) is 46.4 Å². The average Bonchev–Trinajstić information content (AvgIpc) is 3.16. The summed E-state index contributed by atoms with van der Waals surface area (Å²) in [6.07, 6.45) is -4.38. The molecular formula is C19H19F5N4O3. The fourth-order valence-electron chi connectivity index (χ4n) is 2.84. The zero-order valence-corrected chi connectivity index (χ0v) is 16.4. The lowest BCUT2D eigenvalue weighted by atomic mass is 10.1. The lowest BCUT2D eigenvalue weighted by Gasteiger charge is -2.19. The lowest BCUT2D eigenvalue weighted by Crippen LogP contribution is -2.29.